The van der Waals surface area contributed by atoms with Gasteiger partial charge in [0.05, 0.1) is 24.6 Å². The molecule has 0 aliphatic carbocycles. The van der Waals surface area contributed by atoms with Crippen molar-refractivity contribution in [1.82, 2.24) is 14.1 Å². The van der Waals surface area contributed by atoms with Crippen LogP contribution in [0.5, 0.6) is 5.75 Å². The zero-order chi connectivity index (χ0) is 17.7. The van der Waals surface area contributed by atoms with E-state index in [1.165, 1.54) is 0 Å². The minimum absolute atomic E-state index is 0.0441. The third kappa shape index (κ3) is 4.58. The Morgan fingerprint density at radius 1 is 1.16 bits per heavy atom. The predicted octanol–water partition coefficient (Wildman–Crippen LogP) is 2.05. The number of imidazole rings is 1. The zero-order valence-electron chi connectivity index (χ0n) is 14.1. The topological polar surface area (TPSA) is 72.7 Å². The van der Waals surface area contributed by atoms with Gasteiger partial charge in [0.25, 0.3) is 0 Å². The molecule has 2 aromatic heterocycles. The Bertz CT molecular complexity index is 951. The van der Waals surface area contributed by atoms with Crippen LogP contribution in [0.1, 0.15) is 11.4 Å². The molecule has 0 radical (unpaired) electrons. The van der Waals surface area contributed by atoms with Crippen LogP contribution >= 0.6 is 0 Å². The summed E-state index contributed by atoms with van der Waals surface area (Å²) in [6.07, 6.45) is 4.69. The molecule has 0 atom stereocenters. The number of nitrogens with zero attached hydrogens (tertiary/aromatic N) is 2. The molecule has 132 valence electrons. The normalized spacial score (nSPS) is 11.7. The molecule has 0 saturated heterocycles. The molecular formula is C18H21N3O3S. The standard InChI is InChI=1S/C18H21N3O3S/c1-24-17-7-4-5-15(13-17)9-12-25(22,23)20-10-8-18-19-14-16-6-2-3-11-21(16)18/h2-7,11,13-14,20H,8-10,12H2,1H3. The molecule has 3 rings (SSSR count). The van der Waals surface area contributed by atoms with Crippen LogP contribution in [0.4, 0.5) is 0 Å². The minimum atomic E-state index is -3.33. The maximum Gasteiger partial charge on any atom is 0.211 e. The number of nitrogens with one attached hydrogen (secondary N) is 1. The number of aryl methyl sites for hydroxylation is 1. The smallest absolute Gasteiger partial charge is 0.211 e. The fourth-order valence-corrected chi connectivity index (χ4v) is 3.72. The van der Waals surface area contributed by atoms with Crippen molar-refractivity contribution in [3.05, 3.63) is 66.2 Å². The van der Waals surface area contributed by atoms with E-state index in [1.54, 1.807) is 13.3 Å². The second kappa shape index (κ2) is 7.67. The molecule has 0 spiro atoms. The Morgan fingerprint density at radius 3 is 2.88 bits per heavy atom. The van der Waals surface area contributed by atoms with Crippen LogP contribution in [0.25, 0.3) is 5.52 Å². The average molecular weight is 359 g/mol. The van der Waals surface area contributed by atoms with Gasteiger partial charge in [-0.1, -0.05) is 18.2 Å². The average Bonchev–Trinajstić information content (AvgIpc) is 3.03. The van der Waals surface area contributed by atoms with Gasteiger partial charge < -0.3 is 9.14 Å². The molecule has 0 bridgehead atoms. The van der Waals surface area contributed by atoms with E-state index in [2.05, 4.69) is 9.71 Å². The number of aromatic nitrogens is 2. The highest BCUT2D eigenvalue weighted by Crippen LogP contribution is 2.13. The SMILES string of the molecule is COc1cccc(CCS(=O)(=O)NCCc2ncc3ccccn23)c1. The highest BCUT2D eigenvalue weighted by Gasteiger charge is 2.11. The predicted molar refractivity (Wildman–Crippen MR) is 97.4 cm³/mol. The summed E-state index contributed by atoms with van der Waals surface area (Å²) in [5.74, 6) is 1.61. The number of pyridine rings is 1. The van der Waals surface area contributed by atoms with Crippen molar-refractivity contribution in [3.63, 3.8) is 0 Å². The van der Waals surface area contributed by atoms with E-state index in [1.807, 2.05) is 53.1 Å². The lowest BCUT2D eigenvalue weighted by atomic mass is 10.2. The molecule has 2 heterocycles. The summed E-state index contributed by atoms with van der Waals surface area (Å²) < 4.78 is 34.1. The van der Waals surface area contributed by atoms with Gasteiger partial charge >= 0.3 is 0 Å². The lowest BCUT2D eigenvalue weighted by Gasteiger charge is -2.08. The molecule has 1 aromatic carbocycles. The first-order chi connectivity index (χ1) is 12.1. The highest BCUT2D eigenvalue weighted by atomic mass is 32.2. The summed E-state index contributed by atoms with van der Waals surface area (Å²) in [6.45, 7) is 0.328. The number of methoxy groups -OCH3 is 1. The lowest BCUT2D eigenvalue weighted by Crippen LogP contribution is -2.29. The fourth-order valence-electron chi connectivity index (χ4n) is 2.66. The van der Waals surface area contributed by atoms with Gasteiger partial charge in [0.1, 0.15) is 11.6 Å². The van der Waals surface area contributed by atoms with Crippen LogP contribution < -0.4 is 9.46 Å². The van der Waals surface area contributed by atoms with Crippen LogP contribution in [0.2, 0.25) is 0 Å². The fraction of sp³-hybridized carbons (Fsp3) is 0.278. The highest BCUT2D eigenvalue weighted by molar-refractivity contribution is 7.89. The van der Waals surface area contributed by atoms with E-state index in [4.69, 9.17) is 4.74 Å². The Hall–Kier alpha value is -2.38. The van der Waals surface area contributed by atoms with Crippen molar-refractivity contribution in [1.29, 1.82) is 0 Å². The molecule has 6 nitrogen and oxygen atoms in total. The molecular weight excluding hydrogens is 338 g/mol. The van der Waals surface area contributed by atoms with Crippen molar-refractivity contribution in [2.75, 3.05) is 19.4 Å². The first kappa shape index (κ1) is 17.4. The third-order valence-corrected chi connectivity index (χ3v) is 5.37. The van der Waals surface area contributed by atoms with Crippen LogP contribution in [-0.4, -0.2) is 37.2 Å². The zero-order valence-corrected chi connectivity index (χ0v) is 14.9. The van der Waals surface area contributed by atoms with Gasteiger partial charge in [-0.15, -0.1) is 0 Å². The molecule has 7 heteroatoms. The lowest BCUT2D eigenvalue weighted by molar-refractivity contribution is 0.414. The number of rotatable bonds is 8. The second-order valence-corrected chi connectivity index (χ2v) is 7.66. The second-order valence-electron chi connectivity index (χ2n) is 5.73. The van der Waals surface area contributed by atoms with Gasteiger partial charge in [-0.25, -0.2) is 18.1 Å². The maximum absolute atomic E-state index is 12.2. The summed E-state index contributed by atoms with van der Waals surface area (Å²) in [5.41, 5.74) is 1.93. The van der Waals surface area contributed by atoms with Gasteiger partial charge in [-0.2, -0.15) is 0 Å². The summed E-state index contributed by atoms with van der Waals surface area (Å²) in [4.78, 5) is 4.34. The third-order valence-electron chi connectivity index (χ3n) is 3.98. The Kier molecular flexibility index (Phi) is 5.35. The first-order valence-electron chi connectivity index (χ1n) is 8.09. The largest absolute Gasteiger partial charge is 0.497 e. The quantitative estimate of drug-likeness (QED) is 0.668. The van der Waals surface area contributed by atoms with Crippen molar-refractivity contribution in [2.24, 2.45) is 0 Å². The molecule has 0 saturated carbocycles. The van der Waals surface area contributed by atoms with Crippen LogP contribution in [0.3, 0.4) is 0 Å². The molecule has 1 N–H and O–H groups in total. The van der Waals surface area contributed by atoms with Crippen LogP contribution in [0.15, 0.2) is 54.9 Å². The minimum Gasteiger partial charge on any atom is -0.497 e. The molecule has 0 unspecified atom stereocenters. The molecule has 3 aromatic rings. The molecule has 0 aliphatic rings. The van der Waals surface area contributed by atoms with Gasteiger partial charge in [0.2, 0.25) is 10.0 Å². The summed E-state index contributed by atoms with van der Waals surface area (Å²) >= 11 is 0. The van der Waals surface area contributed by atoms with E-state index in [0.29, 0.717) is 19.4 Å². The van der Waals surface area contributed by atoms with E-state index < -0.39 is 10.0 Å². The molecule has 0 fully saturated rings. The van der Waals surface area contributed by atoms with Crippen LogP contribution in [-0.2, 0) is 22.9 Å². The van der Waals surface area contributed by atoms with E-state index >= 15 is 0 Å². The van der Waals surface area contributed by atoms with Crippen molar-refractivity contribution < 1.29 is 13.2 Å². The van der Waals surface area contributed by atoms with Crippen LogP contribution in [0, 0.1) is 0 Å². The van der Waals surface area contributed by atoms with Crippen molar-refractivity contribution in [3.8, 4) is 5.75 Å². The number of ether oxygens (including phenoxy) is 1. The maximum atomic E-state index is 12.2. The molecule has 25 heavy (non-hydrogen) atoms. The number of hydrogen-bond donors (Lipinski definition) is 1. The monoisotopic (exact) mass is 359 g/mol. The Morgan fingerprint density at radius 2 is 2.04 bits per heavy atom. The van der Waals surface area contributed by atoms with Gasteiger partial charge in [-0.05, 0) is 36.2 Å². The summed E-state index contributed by atoms with van der Waals surface area (Å²) in [5, 5.41) is 0. The molecule has 0 amide bonds. The van der Waals surface area contributed by atoms with E-state index in [0.717, 1.165) is 22.7 Å². The Balaban J connectivity index is 1.53. The summed E-state index contributed by atoms with van der Waals surface area (Å²) in [6, 6.07) is 13.3. The van der Waals surface area contributed by atoms with Gasteiger partial charge in [0.15, 0.2) is 0 Å². The van der Waals surface area contributed by atoms with Gasteiger partial charge in [-0.3, -0.25) is 0 Å². The number of hydrogen-bond acceptors (Lipinski definition) is 4. The number of benzene rings is 1. The van der Waals surface area contributed by atoms with E-state index in [9.17, 15) is 8.42 Å². The first-order valence-corrected chi connectivity index (χ1v) is 9.74. The summed E-state index contributed by atoms with van der Waals surface area (Å²) in [7, 11) is -1.74. The van der Waals surface area contributed by atoms with Gasteiger partial charge in [0, 0.05) is 19.2 Å². The van der Waals surface area contributed by atoms with Crippen molar-refractivity contribution in [2.45, 2.75) is 12.8 Å². The number of fused-ring (bicyclic) bond motifs is 1. The Labute approximate surface area is 147 Å². The van der Waals surface area contributed by atoms with Crippen molar-refractivity contribution >= 4 is 15.5 Å². The molecule has 0 aliphatic heterocycles. The number of sulfonamides is 1. The van der Waals surface area contributed by atoms with E-state index in [-0.39, 0.29) is 5.75 Å².